The van der Waals surface area contributed by atoms with Crippen LogP contribution in [-0.2, 0) is 6.54 Å². The zero-order valence-corrected chi connectivity index (χ0v) is 10.2. The summed E-state index contributed by atoms with van der Waals surface area (Å²) in [5, 5.41) is 3.48. The maximum Gasteiger partial charge on any atom is 0.0543 e. The van der Waals surface area contributed by atoms with Crippen LogP contribution in [0.5, 0.6) is 0 Å². The molecular weight excluding hydrogens is 198 g/mol. The van der Waals surface area contributed by atoms with E-state index < -0.39 is 0 Å². The van der Waals surface area contributed by atoms with Crippen molar-refractivity contribution in [3.05, 3.63) is 30.1 Å². The van der Waals surface area contributed by atoms with Crippen molar-refractivity contribution < 1.29 is 0 Å². The highest BCUT2D eigenvalue weighted by molar-refractivity contribution is 5.04. The van der Waals surface area contributed by atoms with Crippen LogP contribution in [0.2, 0.25) is 0 Å². The molecule has 88 valence electrons. The summed E-state index contributed by atoms with van der Waals surface area (Å²) in [6, 6.07) is 6.78. The van der Waals surface area contributed by atoms with Crippen LogP contribution in [0.3, 0.4) is 0 Å². The van der Waals surface area contributed by atoms with Gasteiger partial charge >= 0.3 is 0 Å². The zero-order valence-electron chi connectivity index (χ0n) is 10.2. The molecule has 0 amide bonds. The Hall–Kier alpha value is -0.930. The Kier molecular flexibility index (Phi) is 3.91. The van der Waals surface area contributed by atoms with E-state index in [1.54, 1.807) is 0 Å². The summed E-state index contributed by atoms with van der Waals surface area (Å²) >= 11 is 0. The van der Waals surface area contributed by atoms with E-state index in [9.17, 15) is 0 Å². The van der Waals surface area contributed by atoms with Gasteiger partial charge in [-0.05, 0) is 31.6 Å². The quantitative estimate of drug-likeness (QED) is 0.832. The second kappa shape index (κ2) is 5.41. The fraction of sp³-hybridized carbons (Fsp3) is 0.615. The Morgan fingerprint density at radius 1 is 1.44 bits per heavy atom. The molecular formula is C13H21N3. The van der Waals surface area contributed by atoms with Crippen molar-refractivity contribution in [3.8, 4) is 0 Å². The van der Waals surface area contributed by atoms with Gasteiger partial charge in [0.05, 0.1) is 5.69 Å². The molecule has 0 aliphatic carbocycles. The van der Waals surface area contributed by atoms with E-state index in [1.165, 1.54) is 6.42 Å². The lowest BCUT2D eigenvalue weighted by Crippen LogP contribution is -2.37. The molecule has 0 aromatic carbocycles. The van der Waals surface area contributed by atoms with Crippen molar-refractivity contribution in [2.45, 2.75) is 25.9 Å². The standard InChI is InChI=1S/C13H21N3/c1-3-11-8-14-9-13(11)16(2)10-12-6-4-5-7-15-12/h4-7,11,13-14H,3,8-10H2,1-2H3. The molecule has 0 bridgehead atoms. The van der Waals surface area contributed by atoms with Crippen molar-refractivity contribution in [2.75, 3.05) is 20.1 Å². The van der Waals surface area contributed by atoms with E-state index in [-0.39, 0.29) is 0 Å². The Balaban J connectivity index is 1.95. The summed E-state index contributed by atoms with van der Waals surface area (Å²) in [6.07, 6.45) is 3.12. The fourth-order valence-corrected chi connectivity index (χ4v) is 2.52. The number of likely N-dealkylation sites (N-methyl/N-ethyl adjacent to an activating group) is 1. The summed E-state index contributed by atoms with van der Waals surface area (Å²) in [6.45, 7) is 5.50. The normalized spacial score (nSPS) is 25.2. The lowest BCUT2D eigenvalue weighted by atomic mass is 9.99. The first-order valence-corrected chi connectivity index (χ1v) is 6.12. The molecule has 1 aromatic heterocycles. The number of nitrogens with one attached hydrogen (secondary N) is 1. The molecule has 2 atom stereocenters. The van der Waals surface area contributed by atoms with Gasteiger partial charge in [-0.15, -0.1) is 0 Å². The lowest BCUT2D eigenvalue weighted by molar-refractivity contribution is 0.199. The predicted molar refractivity (Wildman–Crippen MR) is 66.1 cm³/mol. The molecule has 3 nitrogen and oxygen atoms in total. The van der Waals surface area contributed by atoms with Crippen LogP contribution in [0, 0.1) is 5.92 Å². The highest BCUT2D eigenvalue weighted by atomic mass is 15.2. The number of aromatic nitrogens is 1. The second-order valence-electron chi connectivity index (χ2n) is 4.63. The highest BCUT2D eigenvalue weighted by Crippen LogP contribution is 2.19. The van der Waals surface area contributed by atoms with Gasteiger partial charge in [0.2, 0.25) is 0 Å². The van der Waals surface area contributed by atoms with Gasteiger partial charge < -0.3 is 5.32 Å². The molecule has 2 heterocycles. The monoisotopic (exact) mass is 219 g/mol. The number of pyridine rings is 1. The summed E-state index contributed by atoms with van der Waals surface area (Å²) in [5.41, 5.74) is 1.16. The number of nitrogens with zero attached hydrogens (tertiary/aromatic N) is 2. The SMILES string of the molecule is CCC1CNCC1N(C)Cc1ccccn1. The fourth-order valence-electron chi connectivity index (χ4n) is 2.52. The van der Waals surface area contributed by atoms with E-state index in [0.29, 0.717) is 6.04 Å². The lowest BCUT2D eigenvalue weighted by Gasteiger charge is -2.27. The topological polar surface area (TPSA) is 28.2 Å². The van der Waals surface area contributed by atoms with Crippen LogP contribution in [0.15, 0.2) is 24.4 Å². The van der Waals surface area contributed by atoms with Gasteiger partial charge in [-0.1, -0.05) is 19.4 Å². The van der Waals surface area contributed by atoms with Crippen LogP contribution in [0.25, 0.3) is 0 Å². The van der Waals surface area contributed by atoms with Gasteiger partial charge in [0.15, 0.2) is 0 Å². The molecule has 1 N–H and O–H groups in total. The molecule has 16 heavy (non-hydrogen) atoms. The van der Waals surface area contributed by atoms with Crippen LogP contribution in [0.4, 0.5) is 0 Å². The number of hydrogen-bond acceptors (Lipinski definition) is 3. The summed E-state index contributed by atoms with van der Waals surface area (Å²) < 4.78 is 0. The molecule has 0 saturated carbocycles. The molecule has 2 rings (SSSR count). The molecule has 1 aliphatic heterocycles. The highest BCUT2D eigenvalue weighted by Gasteiger charge is 2.28. The third-order valence-electron chi connectivity index (χ3n) is 3.53. The first-order valence-electron chi connectivity index (χ1n) is 6.12. The van der Waals surface area contributed by atoms with E-state index in [4.69, 9.17) is 0 Å². The maximum atomic E-state index is 4.38. The predicted octanol–water partition coefficient (Wildman–Crippen LogP) is 1.51. The molecule has 2 unspecified atom stereocenters. The molecule has 0 radical (unpaired) electrons. The van der Waals surface area contributed by atoms with Gasteiger partial charge in [-0.2, -0.15) is 0 Å². The summed E-state index contributed by atoms with van der Waals surface area (Å²) in [5.74, 6) is 0.786. The minimum atomic E-state index is 0.659. The van der Waals surface area contributed by atoms with E-state index in [0.717, 1.165) is 31.2 Å². The average molecular weight is 219 g/mol. The van der Waals surface area contributed by atoms with Crippen LogP contribution < -0.4 is 5.32 Å². The first kappa shape index (κ1) is 11.6. The third-order valence-corrected chi connectivity index (χ3v) is 3.53. The Bertz CT molecular complexity index is 312. The second-order valence-corrected chi connectivity index (χ2v) is 4.63. The Morgan fingerprint density at radius 3 is 3.00 bits per heavy atom. The first-order chi connectivity index (χ1) is 7.81. The average Bonchev–Trinajstić information content (AvgIpc) is 2.78. The van der Waals surface area contributed by atoms with Gasteiger partial charge in [0.25, 0.3) is 0 Å². The van der Waals surface area contributed by atoms with E-state index >= 15 is 0 Å². The van der Waals surface area contributed by atoms with Crippen LogP contribution in [0.1, 0.15) is 19.0 Å². The molecule has 1 aromatic rings. The Morgan fingerprint density at radius 2 is 2.31 bits per heavy atom. The smallest absolute Gasteiger partial charge is 0.0543 e. The van der Waals surface area contributed by atoms with E-state index in [2.05, 4.69) is 41.3 Å². The van der Waals surface area contributed by atoms with Crippen molar-refractivity contribution in [3.63, 3.8) is 0 Å². The van der Waals surface area contributed by atoms with Crippen LogP contribution >= 0.6 is 0 Å². The van der Waals surface area contributed by atoms with Crippen molar-refractivity contribution in [1.82, 2.24) is 15.2 Å². The molecule has 1 saturated heterocycles. The summed E-state index contributed by atoms with van der Waals surface area (Å²) in [7, 11) is 2.20. The van der Waals surface area contributed by atoms with E-state index in [1.807, 2.05) is 12.3 Å². The third kappa shape index (κ3) is 2.60. The van der Waals surface area contributed by atoms with Crippen LogP contribution in [-0.4, -0.2) is 36.1 Å². The van der Waals surface area contributed by atoms with Gasteiger partial charge in [-0.25, -0.2) is 0 Å². The number of hydrogen-bond donors (Lipinski definition) is 1. The molecule has 1 aliphatic rings. The van der Waals surface area contributed by atoms with Crippen molar-refractivity contribution in [1.29, 1.82) is 0 Å². The minimum Gasteiger partial charge on any atom is -0.315 e. The largest absolute Gasteiger partial charge is 0.315 e. The molecule has 3 heteroatoms. The van der Waals surface area contributed by atoms with Crippen molar-refractivity contribution >= 4 is 0 Å². The number of rotatable bonds is 4. The maximum absolute atomic E-state index is 4.38. The minimum absolute atomic E-state index is 0.659. The Labute approximate surface area is 97.9 Å². The molecule has 1 fully saturated rings. The van der Waals surface area contributed by atoms with Gasteiger partial charge in [0.1, 0.15) is 0 Å². The molecule has 0 spiro atoms. The van der Waals surface area contributed by atoms with Gasteiger partial charge in [-0.3, -0.25) is 9.88 Å². The zero-order chi connectivity index (χ0) is 11.4. The summed E-state index contributed by atoms with van der Waals surface area (Å²) in [4.78, 5) is 6.81. The van der Waals surface area contributed by atoms with Crippen molar-refractivity contribution in [2.24, 2.45) is 5.92 Å². The van der Waals surface area contributed by atoms with Gasteiger partial charge in [0, 0.05) is 25.3 Å².